The number of carboxylic acid groups (broad SMARTS) is 1. The molecule has 0 spiro atoms. The van der Waals surface area contributed by atoms with Gasteiger partial charge in [0.05, 0.1) is 0 Å². The van der Waals surface area contributed by atoms with E-state index in [-0.39, 0.29) is 6.42 Å². The molecule has 0 saturated carbocycles. The first kappa shape index (κ1) is 19.3. The van der Waals surface area contributed by atoms with Crippen LogP contribution in [0.4, 0.5) is 0 Å². The Morgan fingerprint density at radius 3 is 2.48 bits per heavy atom. The molecule has 0 saturated heterocycles. The predicted molar refractivity (Wildman–Crippen MR) is 109 cm³/mol. The molecule has 3 aromatic carbocycles. The molecule has 0 aromatic heterocycles. The number of hydrogen-bond acceptors (Lipinski definition) is 3. The molecule has 0 unspecified atom stereocenters. The van der Waals surface area contributed by atoms with Crippen LogP contribution in [0.1, 0.15) is 11.1 Å². The molecule has 0 bridgehead atoms. The molecule has 3 rings (SSSR count). The SMILES string of the molecule is Cc1cc(O[C@H](Cc2ccccc2Sc2ccccc2)C(=O)O)ccc1Cl. The van der Waals surface area contributed by atoms with E-state index in [0.717, 1.165) is 20.9 Å². The number of carboxylic acids is 1. The average Bonchev–Trinajstić information content (AvgIpc) is 2.66. The van der Waals surface area contributed by atoms with Crippen LogP contribution in [0.25, 0.3) is 0 Å². The van der Waals surface area contributed by atoms with Crippen molar-refractivity contribution in [3.8, 4) is 5.75 Å². The third kappa shape index (κ3) is 5.28. The number of benzene rings is 3. The van der Waals surface area contributed by atoms with Crippen LogP contribution < -0.4 is 4.74 Å². The average molecular weight is 399 g/mol. The molecule has 3 nitrogen and oxygen atoms in total. The van der Waals surface area contributed by atoms with E-state index >= 15 is 0 Å². The second-order valence-electron chi connectivity index (χ2n) is 6.08. The minimum Gasteiger partial charge on any atom is -0.478 e. The van der Waals surface area contributed by atoms with Crippen LogP contribution in [0.2, 0.25) is 5.02 Å². The van der Waals surface area contributed by atoms with Crippen LogP contribution in [0.5, 0.6) is 5.75 Å². The largest absolute Gasteiger partial charge is 0.478 e. The van der Waals surface area contributed by atoms with Crippen molar-refractivity contribution in [1.82, 2.24) is 0 Å². The van der Waals surface area contributed by atoms with Gasteiger partial charge in [-0.15, -0.1) is 0 Å². The van der Waals surface area contributed by atoms with Crippen molar-refractivity contribution in [2.75, 3.05) is 0 Å². The van der Waals surface area contributed by atoms with E-state index in [0.29, 0.717) is 10.8 Å². The number of halogens is 1. The number of ether oxygens (including phenoxy) is 1. The lowest BCUT2D eigenvalue weighted by Crippen LogP contribution is -2.29. The Labute approximate surface area is 168 Å². The maximum absolute atomic E-state index is 11.8. The molecule has 1 atom stereocenters. The molecule has 0 radical (unpaired) electrons. The molecule has 0 aliphatic heterocycles. The van der Waals surface area contributed by atoms with Crippen molar-refractivity contribution in [3.05, 3.63) is 88.9 Å². The van der Waals surface area contributed by atoms with Crippen molar-refractivity contribution in [1.29, 1.82) is 0 Å². The zero-order valence-electron chi connectivity index (χ0n) is 14.8. The molecule has 0 heterocycles. The predicted octanol–water partition coefficient (Wildman–Crippen LogP) is 5.87. The van der Waals surface area contributed by atoms with E-state index in [1.807, 2.05) is 61.5 Å². The van der Waals surface area contributed by atoms with Gasteiger partial charge in [0.2, 0.25) is 0 Å². The van der Waals surface area contributed by atoms with E-state index in [1.54, 1.807) is 30.0 Å². The molecule has 1 N–H and O–H groups in total. The van der Waals surface area contributed by atoms with Gasteiger partial charge >= 0.3 is 5.97 Å². The number of hydrogen-bond donors (Lipinski definition) is 1. The first-order valence-electron chi connectivity index (χ1n) is 8.49. The van der Waals surface area contributed by atoms with Crippen molar-refractivity contribution >= 4 is 29.3 Å². The highest BCUT2D eigenvalue weighted by atomic mass is 35.5. The van der Waals surface area contributed by atoms with Crippen LogP contribution in [0, 0.1) is 6.92 Å². The van der Waals surface area contributed by atoms with Gasteiger partial charge in [0.25, 0.3) is 0 Å². The smallest absolute Gasteiger partial charge is 0.345 e. The zero-order chi connectivity index (χ0) is 19.2. The highest BCUT2D eigenvalue weighted by Gasteiger charge is 2.22. The Morgan fingerprint density at radius 1 is 1.07 bits per heavy atom. The van der Waals surface area contributed by atoms with E-state index in [9.17, 15) is 9.90 Å². The summed E-state index contributed by atoms with van der Waals surface area (Å²) in [5.41, 5.74) is 1.78. The van der Waals surface area contributed by atoms with E-state index < -0.39 is 12.1 Å². The Balaban J connectivity index is 1.80. The lowest BCUT2D eigenvalue weighted by atomic mass is 10.1. The summed E-state index contributed by atoms with van der Waals surface area (Å²) in [7, 11) is 0. The molecular weight excluding hydrogens is 380 g/mol. The van der Waals surface area contributed by atoms with Crippen molar-refractivity contribution < 1.29 is 14.6 Å². The summed E-state index contributed by atoms with van der Waals surface area (Å²) in [6.45, 7) is 1.86. The fraction of sp³-hybridized carbons (Fsp3) is 0.136. The first-order chi connectivity index (χ1) is 13.0. The standard InChI is InChI=1S/C22H19ClO3S/c1-15-13-17(11-12-19(15)23)26-20(22(24)25)14-16-7-5-6-10-21(16)27-18-8-3-2-4-9-18/h2-13,20H,14H2,1H3,(H,24,25)/t20-/m1/s1. The molecule has 0 amide bonds. The summed E-state index contributed by atoms with van der Waals surface area (Å²) in [4.78, 5) is 13.9. The number of carbonyl (C=O) groups is 1. The summed E-state index contributed by atoms with van der Waals surface area (Å²) in [6.07, 6.45) is -0.712. The quantitative estimate of drug-likeness (QED) is 0.540. The van der Waals surface area contributed by atoms with Gasteiger partial charge in [0.15, 0.2) is 6.10 Å². The van der Waals surface area contributed by atoms with Crippen molar-refractivity contribution in [2.24, 2.45) is 0 Å². The summed E-state index contributed by atoms with van der Waals surface area (Å²) < 4.78 is 5.75. The Bertz CT molecular complexity index is 928. The van der Waals surface area contributed by atoms with E-state index in [2.05, 4.69) is 0 Å². The van der Waals surface area contributed by atoms with Crippen LogP contribution >= 0.6 is 23.4 Å². The third-order valence-corrected chi connectivity index (χ3v) is 5.58. The van der Waals surface area contributed by atoms with Crippen LogP contribution in [0.3, 0.4) is 0 Å². The van der Waals surface area contributed by atoms with E-state index in [4.69, 9.17) is 16.3 Å². The van der Waals surface area contributed by atoms with Gasteiger partial charge in [-0.2, -0.15) is 0 Å². The second-order valence-corrected chi connectivity index (χ2v) is 7.61. The Kier molecular flexibility index (Phi) is 6.43. The van der Waals surface area contributed by atoms with Gasteiger partial charge in [0.1, 0.15) is 5.75 Å². The maximum atomic E-state index is 11.8. The van der Waals surface area contributed by atoms with Crippen LogP contribution in [-0.2, 0) is 11.2 Å². The van der Waals surface area contributed by atoms with Gasteiger partial charge in [-0.05, 0) is 54.4 Å². The number of aliphatic carboxylic acids is 1. The lowest BCUT2D eigenvalue weighted by molar-refractivity contribution is -0.145. The summed E-state index contributed by atoms with van der Waals surface area (Å²) in [5.74, 6) is -0.500. The van der Waals surface area contributed by atoms with Gasteiger partial charge in [0, 0.05) is 21.2 Å². The topological polar surface area (TPSA) is 46.5 Å². The van der Waals surface area contributed by atoms with Crippen molar-refractivity contribution in [2.45, 2.75) is 29.2 Å². The minimum atomic E-state index is -0.998. The Morgan fingerprint density at radius 2 is 1.78 bits per heavy atom. The van der Waals surface area contributed by atoms with Crippen LogP contribution in [-0.4, -0.2) is 17.2 Å². The normalized spacial score (nSPS) is 11.8. The number of rotatable bonds is 7. The van der Waals surface area contributed by atoms with Gasteiger partial charge < -0.3 is 9.84 Å². The minimum absolute atomic E-state index is 0.271. The highest BCUT2D eigenvalue weighted by Crippen LogP contribution is 2.31. The third-order valence-electron chi connectivity index (χ3n) is 4.03. The molecule has 5 heteroatoms. The van der Waals surface area contributed by atoms with Crippen molar-refractivity contribution in [3.63, 3.8) is 0 Å². The monoisotopic (exact) mass is 398 g/mol. The first-order valence-corrected chi connectivity index (χ1v) is 9.69. The zero-order valence-corrected chi connectivity index (χ0v) is 16.3. The molecule has 0 aliphatic carbocycles. The fourth-order valence-electron chi connectivity index (χ4n) is 2.62. The maximum Gasteiger partial charge on any atom is 0.345 e. The summed E-state index contributed by atoms with van der Waals surface area (Å²) in [6, 6.07) is 23.0. The molecule has 27 heavy (non-hydrogen) atoms. The fourth-order valence-corrected chi connectivity index (χ4v) is 3.72. The molecule has 3 aromatic rings. The lowest BCUT2D eigenvalue weighted by Gasteiger charge is -2.17. The molecule has 0 aliphatic rings. The van der Waals surface area contributed by atoms with E-state index in [1.165, 1.54) is 0 Å². The van der Waals surface area contributed by atoms with Gasteiger partial charge in [-0.3, -0.25) is 0 Å². The van der Waals surface area contributed by atoms with Gasteiger partial charge in [-0.1, -0.05) is 59.8 Å². The summed E-state index contributed by atoms with van der Waals surface area (Å²) >= 11 is 7.65. The van der Waals surface area contributed by atoms with Crippen LogP contribution in [0.15, 0.2) is 82.6 Å². The van der Waals surface area contributed by atoms with Gasteiger partial charge in [-0.25, -0.2) is 4.79 Å². The number of aryl methyl sites for hydroxylation is 1. The molecular formula is C22H19ClO3S. The molecule has 0 fully saturated rings. The second kappa shape index (κ2) is 8.98. The Hall–Kier alpha value is -2.43. The molecule has 138 valence electrons. The summed E-state index contributed by atoms with van der Waals surface area (Å²) in [5, 5.41) is 10.3. The highest BCUT2D eigenvalue weighted by molar-refractivity contribution is 7.99.